The summed E-state index contributed by atoms with van der Waals surface area (Å²) in [5, 5.41) is 7.30. The first-order valence-corrected chi connectivity index (χ1v) is 7.84. The van der Waals surface area contributed by atoms with E-state index >= 15 is 0 Å². The summed E-state index contributed by atoms with van der Waals surface area (Å²) in [6.07, 6.45) is 1.45. The molecule has 0 saturated heterocycles. The second-order valence-corrected chi connectivity index (χ2v) is 5.86. The van der Waals surface area contributed by atoms with Crippen molar-refractivity contribution in [2.75, 3.05) is 5.32 Å². The van der Waals surface area contributed by atoms with E-state index in [0.717, 1.165) is 23.1 Å². The van der Waals surface area contributed by atoms with Crippen LogP contribution in [0, 0.1) is 18.6 Å². The number of anilines is 2. The Bertz CT molecular complexity index is 872. The van der Waals surface area contributed by atoms with Crippen LogP contribution in [0.15, 0.2) is 42.7 Å². The minimum absolute atomic E-state index is 0.0640. The van der Waals surface area contributed by atoms with Gasteiger partial charge in [-0.25, -0.2) is 13.5 Å². The highest BCUT2D eigenvalue weighted by Gasteiger charge is 2.10. The van der Waals surface area contributed by atoms with Gasteiger partial charge in [0.05, 0.1) is 11.8 Å². The molecule has 0 unspecified atom stereocenters. The number of hydrogen-bond donors (Lipinski definition) is 1. The van der Waals surface area contributed by atoms with Crippen molar-refractivity contribution >= 4 is 11.6 Å². The number of benzene rings is 2. The maximum atomic E-state index is 13.3. The van der Waals surface area contributed by atoms with E-state index in [1.165, 1.54) is 23.1 Å². The van der Waals surface area contributed by atoms with Crippen molar-refractivity contribution in [3.8, 4) is 11.4 Å². The minimum atomic E-state index is -0.672. The average Bonchev–Trinajstić information content (AvgIpc) is 2.98. The molecule has 1 heterocycles. The van der Waals surface area contributed by atoms with E-state index in [0.29, 0.717) is 5.95 Å². The predicted molar refractivity (Wildman–Crippen MR) is 91.5 cm³/mol. The first-order valence-electron chi connectivity index (χ1n) is 7.84. The van der Waals surface area contributed by atoms with E-state index in [1.807, 2.05) is 39.0 Å². The first-order chi connectivity index (χ1) is 11.9. The number of nitrogens with zero attached hydrogens (tertiary/aromatic N) is 3. The third kappa shape index (κ3) is 3.93. The molecule has 3 rings (SSSR count). The molecule has 0 amide bonds. The first kappa shape index (κ1) is 16.9. The van der Waals surface area contributed by atoms with Crippen LogP contribution in [0.3, 0.4) is 0 Å². The molecule has 0 aliphatic rings. The van der Waals surface area contributed by atoms with Gasteiger partial charge in [0.1, 0.15) is 23.7 Å². The van der Waals surface area contributed by atoms with E-state index in [4.69, 9.17) is 4.74 Å². The van der Waals surface area contributed by atoms with Crippen molar-refractivity contribution in [2.24, 2.45) is 0 Å². The standard InChI is InChI=1S/C18H18F2N4O/c1-11(2)25-17-6-4-5-16(12(17)3)22-18-21-10-24(23-18)15-8-13(19)7-14(20)9-15/h4-11H,1-3H3,(H,22,23). The summed E-state index contributed by atoms with van der Waals surface area (Å²) >= 11 is 0. The maximum Gasteiger partial charge on any atom is 0.246 e. The molecule has 25 heavy (non-hydrogen) atoms. The Morgan fingerprint density at radius 3 is 2.52 bits per heavy atom. The molecule has 0 bridgehead atoms. The lowest BCUT2D eigenvalue weighted by atomic mass is 10.2. The van der Waals surface area contributed by atoms with Crippen molar-refractivity contribution in [3.63, 3.8) is 0 Å². The Labute approximate surface area is 144 Å². The van der Waals surface area contributed by atoms with Crippen LogP contribution in [-0.2, 0) is 0 Å². The van der Waals surface area contributed by atoms with E-state index in [2.05, 4.69) is 15.4 Å². The Balaban J connectivity index is 1.84. The van der Waals surface area contributed by atoms with Gasteiger partial charge in [-0.15, -0.1) is 5.10 Å². The van der Waals surface area contributed by atoms with Crippen LogP contribution in [-0.4, -0.2) is 20.9 Å². The van der Waals surface area contributed by atoms with Crippen molar-refractivity contribution in [1.29, 1.82) is 0 Å². The van der Waals surface area contributed by atoms with E-state index in [9.17, 15) is 8.78 Å². The molecule has 0 atom stereocenters. The van der Waals surface area contributed by atoms with Gasteiger partial charge in [-0.2, -0.15) is 4.98 Å². The molecule has 0 saturated carbocycles. The summed E-state index contributed by atoms with van der Waals surface area (Å²) in [6.45, 7) is 5.85. The fourth-order valence-electron chi connectivity index (χ4n) is 2.37. The van der Waals surface area contributed by atoms with Crippen LogP contribution in [0.5, 0.6) is 5.75 Å². The summed E-state index contributed by atoms with van der Waals surface area (Å²) in [5.41, 5.74) is 1.97. The molecule has 7 heteroatoms. The number of rotatable bonds is 5. The molecule has 0 fully saturated rings. The highest BCUT2D eigenvalue weighted by molar-refractivity contribution is 5.62. The average molecular weight is 344 g/mol. The Morgan fingerprint density at radius 1 is 1.12 bits per heavy atom. The molecular weight excluding hydrogens is 326 g/mol. The minimum Gasteiger partial charge on any atom is -0.491 e. The predicted octanol–water partition coefficient (Wildman–Crippen LogP) is 4.38. The topological polar surface area (TPSA) is 52.0 Å². The molecule has 0 aliphatic heterocycles. The van der Waals surface area contributed by atoms with Crippen LogP contribution in [0.25, 0.3) is 5.69 Å². The third-order valence-corrected chi connectivity index (χ3v) is 3.50. The number of halogens is 2. The Morgan fingerprint density at radius 2 is 1.84 bits per heavy atom. The van der Waals surface area contributed by atoms with Crippen LogP contribution in [0.1, 0.15) is 19.4 Å². The molecule has 1 N–H and O–H groups in total. The lowest BCUT2D eigenvalue weighted by Gasteiger charge is -2.15. The SMILES string of the molecule is Cc1c(Nc2ncn(-c3cc(F)cc(F)c3)n2)cccc1OC(C)C. The molecule has 1 aromatic heterocycles. The molecule has 5 nitrogen and oxygen atoms in total. The Kier molecular flexibility index (Phi) is 4.65. The summed E-state index contributed by atoms with van der Waals surface area (Å²) < 4.78 is 33.7. The maximum absolute atomic E-state index is 13.3. The number of ether oxygens (including phenoxy) is 1. The van der Waals surface area contributed by atoms with E-state index < -0.39 is 11.6 Å². The highest BCUT2D eigenvalue weighted by Crippen LogP contribution is 2.28. The molecule has 0 radical (unpaired) electrons. The zero-order valence-corrected chi connectivity index (χ0v) is 14.1. The number of aromatic nitrogens is 3. The van der Waals surface area contributed by atoms with E-state index in [-0.39, 0.29) is 11.8 Å². The van der Waals surface area contributed by atoms with Crippen molar-refractivity contribution in [2.45, 2.75) is 26.9 Å². The highest BCUT2D eigenvalue weighted by atomic mass is 19.1. The number of hydrogen-bond acceptors (Lipinski definition) is 4. The monoisotopic (exact) mass is 344 g/mol. The largest absolute Gasteiger partial charge is 0.491 e. The number of nitrogens with one attached hydrogen (secondary N) is 1. The van der Waals surface area contributed by atoms with Gasteiger partial charge in [0.25, 0.3) is 0 Å². The van der Waals surface area contributed by atoms with Crippen molar-refractivity contribution < 1.29 is 13.5 Å². The summed E-state index contributed by atoms with van der Waals surface area (Å²) in [5.74, 6) is -0.259. The van der Waals surface area contributed by atoms with Crippen molar-refractivity contribution in [3.05, 3.63) is 59.9 Å². The lowest BCUT2D eigenvalue weighted by Crippen LogP contribution is -2.07. The van der Waals surface area contributed by atoms with Gasteiger partial charge in [0.2, 0.25) is 5.95 Å². The van der Waals surface area contributed by atoms with Gasteiger partial charge in [-0.3, -0.25) is 0 Å². The van der Waals surface area contributed by atoms with Crippen LogP contribution in [0.4, 0.5) is 20.4 Å². The molecule has 0 aliphatic carbocycles. The van der Waals surface area contributed by atoms with E-state index in [1.54, 1.807) is 0 Å². The smallest absolute Gasteiger partial charge is 0.246 e. The van der Waals surface area contributed by atoms with Crippen LogP contribution >= 0.6 is 0 Å². The summed E-state index contributed by atoms with van der Waals surface area (Å²) in [7, 11) is 0. The quantitative estimate of drug-likeness (QED) is 0.746. The fraction of sp³-hybridized carbons (Fsp3) is 0.222. The summed E-state index contributed by atoms with van der Waals surface area (Å²) in [4.78, 5) is 4.13. The lowest BCUT2D eigenvalue weighted by molar-refractivity contribution is 0.241. The molecule has 0 spiro atoms. The summed E-state index contributed by atoms with van der Waals surface area (Å²) in [6, 6.07) is 8.82. The van der Waals surface area contributed by atoms with Gasteiger partial charge < -0.3 is 10.1 Å². The third-order valence-electron chi connectivity index (χ3n) is 3.50. The van der Waals surface area contributed by atoms with Gasteiger partial charge >= 0.3 is 0 Å². The van der Waals surface area contributed by atoms with Gasteiger partial charge in [-0.1, -0.05) is 6.07 Å². The Hall–Kier alpha value is -2.96. The zero-order valence-electron chi connectivity index (χ0n) is 14.1. The van der Waals surface area contributed by atoms with Crippen LogP contribution < -0.4 is 10.1 Å². The second-order valence-electron chi connectivity index (χ2n) is 5.86. The van der Waals surface area contributed by atoms with Gasteiger partial charge in [0, 0.05) is 17.3 Å². The fourth-order valence-corrected chi connectivity index (χ4v) is 2.37. The van der Waals surface area contributed by atoms with Crippen LogP contribution in [0.2, 0.25) is 0 Å². The van der Waals surface area contributed by atoms with Gasteiger partial charge in [0.15, 0.2) is 0 Å². The molecule has 3 aromatic rings. The van der Waals surface area contributed by atoms with Crippen molar-refractivity contribution in [1.82, 2.24) is 14.8 Å². The normalized spacial score (nSPS) is 11.0. The zero-order chi connectivity index (χ0) is 18.0. The molecule has 130 valence electrons. The van der Waals surface area contributed by atoms with Gasteiger partial charge in [-0.05, 0) is 45.0 Å². The second kappa shape index (κ2) is 6.88. The molecular formula is C18H18F2N4O. The molecule has 2 aromatic carbocycles.